The maximum Gasteiger partial charge on any atom is 0.0743 e. The summed E-state index contributed by atoms with van der Waals surface area (Å²) in [5.41, 5.74) is 0.367. The molecular formula is C10H21NO. The Kier molecular flexibility index (Phi) is 2.79. The van der Waals surface area contributed by atoms with Crippen molar-refractivity contribution in [2.45, 2.75) is 26.9 Å². The summed E-state index contributed by atoms with van der Waals surface area (Å²) < 4.78 is 5.48. The number of hydrogen-bond acceptors (Lipinski definition) is 2. The third-order valence-corrected chi connectivity index (χ3v) is 2.86. The number of rotatable bonds is 1. The molecule has 1 aliphatic heterocycles. The van der Waals surface area contributed by atoms with Crippen LogP contribution < -0.4 is 0 Å². The van der Waals surface area contributed by atoms with E-state index < -0.39 is 0 Å². The van der Waals surface area contributed by atoms with Crippen LogP contribution in [0.1, 0.15) is 20.8 Å². The summed E-state index contributed by atoms with van der Waals surface area (Å²) in [7, 11) is 3.99. The average Bonchev–Trinajstić information content (AvgIpc) is 2.29. The molecule has 1 aliphatic rings. The van der Waals surface area contributed by atoms with Gasteiger partial charge in [0.25, 0.3) is 0 Å². The summed E-state index contributed by atoms with van der Waals surface area (Å²) in [5.74, 6) is 0.674. The number of nitrogens with zero attached hydrogens (tertiary/aromatic N) is 1. The number of ether oxygens (including phenoxy) is 1. The number of methoxy groups -OCH3 is 1. The number of likely N-dealkylation sites (tertiary alicyclic amines) is 1. The minimum Gasteiger partial charge on any atom is -0.380 e. The smallest absolute Gasteiger partial charge is 0.0743 e. The van der Waals surface area contributed by atoms with E-state index in [2.05, 4.69) is 32.7 Å². The molecule has 0 bridgehead atoms. The first-order valence-electron chi connectivity index (χ1n) is 4.66. The average molecular weight is 171 g/mol. The largest absolute Gasteiger partial charge is 0.380 e. The molecule has 0 aromatic rings. The van der Waals surface area contributed by atoms with Gasteiger partial charge in [-0.3, -0.25) is 0 Å². The predicted molar refractivity (Wildman–Crippen MR) is 51.2 cm³/mol. The normalized spacial score (nSPS) is 32.8. The maximum absolute atomic E-state index is 5.48. The molecule has 1 fully saturated rings. The van der Waals surface area contributed by atoms with E-state index in [0.29, 0.717) is 17.4 Å². The first kappa shape index (κ1) is 10.0. The van der Waals surface area contributed by atoms with Gasteiger partial charge in [-0.05, 0) is 12.5 Å². The highest BCUT2D eigenvalue weighted by Crippen LogP contribution is 2.34. The van der Waals surface area contributed by atoms with Crippen molar-refractivity contribution in [2.24, 2.45) is 11.3 Å². The number of hydrogen-bond donors (Lipinski definition) is 0. The molecule has 2 atom stereocenters. The summed E-state index contributed by atoms with van der Waals surface area (Å²) in [6, 6.07) is 0. The van der Waals surface area contributed by atoms with Gasteiger partial charge in [0.1, 0.15) is 0 Å². The zero-order valence-corrected chi connectivity index (χ0v) is 8.92. The highest BCUT2D eigenvalue weighted by atomic mass is 16.5. The van der Waals surface area contributed by atoms with Gasteiger partial charge in [0, 0.05) is 26.1 Å². The molecule has 0 aromatic carbocycles. The molecule has 2 heteroatoms. The summed E-state index contributed by atoms with van der Waals surface area (Å²) in [4.78, 5) is 2.35. The Morgan fingerprint density at radius 1 is 1.25 bits per heavy atom. The molecule has 0 aromatic heterocycles. The highest BCUT2D eigenvalue weighted by molar-refractivity contribution is 4.90. The van der Waals surface area contributed by atoms with Crippen molar-refractivity contribution in [1.29, 1.82) is 0 Å². The number of likely N-dealkylation sites (N-methyl/N-ethyl adjacent to an activating group) is 1. The summed E-state index contributed by atoms with van der Waals surface area (Å²) in [5, 5.41) is 0. The van der Waals surface area contributed by atoms with Crippen molar-refractivity contribution >= 4 is 0 Å². The molecule has 0 aliphatic carbocycles. The first-order chi connectivity index (χ1) is 5.45. The van der Waals surface area contributed by atoms with E-state index in [-0.39, 0.29) is 0 Å². The molecule has 72 valence electrons. The minimum absolute atomic E-state index is 0.367. The van der Waals surface area contributed by atoms with E-state index in [9.17, 15) is 0 Å². The molecular weight excluding hydrogens is 150 g/mol. The Bertz CT molecular complexity index is 150. The zero-order chi connectivity index (χ0) is 9.35. The molecule has 1 rings (SSSR count). The molecule has 0 radical (unpaired) electrons. The van der Waals surface area contributed by atoms with Crippen molar-refractivity contribution in [3.05, 3.63) is 0 Å². The molecule has 12 heavy (non-hydrogen) atoms. The van der Waals surface area contributed by atoms with Gasteiger partial charge < -0.3 is 9.64 Å². The Morgan fingerprint density at radius 3 is 2.17 bits per heavy atom. The molecule has 0 amide bonds. The minimum atomic E-state index is 0.367. The standard InChI is InChI=1S/C10H21NO/c1-10(2,3)8-6-11(4)7-9(8)12-5/h8-9H,6-7H2,1-5H3/t8?,9-/m1/s1. The Hall–Kier alpha value is -0.0800. The topological polar surface area (TPSA) is 12.5 Å². The van der Waals surface area contributed by atoms with Gasteiger partial charge in [-0.1, -0.05) is 20.8 Å². The fourth-order valence-corrected chi connectivity index (χ4v) is 2.03. The van der Waals surface area contributed by atoms with E-state index in [1.807, 2.05) is 7.11 Å². The van der Waals surface area contributed by atoms with Gasteiger partial charge >= 0.3 is 0 Å². The zero-order valence-electron chi connectivity index (χ0n) is 8.92. The van der Waals surface area contributed by atoms with Crippen LogP contribution in [0.3, 0.4) is 0 Å². The second-order valence-corrected chi connectivity index (χ2v) is 4.97. The second-order valence-electron chi connectivity index (χ2n) is 4.97. The molecule has 0 spiro atoms. The van der Waals surface area contributed by atoms with Crippen LogP contribution in [0, 0.1) is 11.3 Å². The van der Waals surface area contributed by atoms with Crippen LogP contribution in [-0.4, -0.2) is 38.3 Å². The van der Waals surface area contributed by atoms with E-state index >= 15 is 0 Å². The first-order valence-corrected chi connectivity index (χ1v) is 4.66. The van der Waals surface area contributed by atoms with Crippen LogP contribution in [-0.2, 0) is 4.74 Å². The third kappa shape index (κ3) is 1.99. The molecule has 0 N–H and O–H groups in total. The van der Waals surface area contributed by atoms with Crippen molar-refractivity contribution in [1.82, 2.24) is 4.90 Å². The van der Waals surface area contributed by atoms with E-state index in [0.717, 1.165) is 6.54 Å². The molecule has 1 heterocycles. The second kappa shape index (κ2) is 3.35. The molecule has 1 unspecified atom stereocenters. The van der Waals surface area contributed by atoms with Gasteiger partial charge in [0.2, 0.25) is 0 Å². The Balaban J connectivity index is 2.64. The highest BCUT2D eigenvalue weighted by Gasteiger charge is 2.38. The van der Waals surface area contributed by atoms with E-state index in [1.165, 1.54) is 6.54 Å². The predicted octanol–water partition coefficient (Wildman–Crippen LogP) is 1.61. The van der Waals surface area contributed by atoms with E-state index in [4.69, 9.17) is 4.74 Å². The lowest BCUT2D eigenvalue weighted by Gasteiger charge is -2.30. The lowest BCUT2D eigenvalue weighted by atomic mass is 9.79. The monoisotopic (exact) mass is 171 g/mol. The van der Waals surface area contributed by atoms with Gasteiger partial charge in [-0.25, -0.2) is 0 Å². The van der Waals surface area contributed by atoms with Gasteiger partial charge in [-0.2, -0.15) is 0 Å². The fraction of sp³-hybridized carbons (Fsp3) is 1.00. The molecule has 1 saturated heterocycles. The van der Waals surface area contributed by atoms with Crippen LogP contribution in [0.2, 0.25) is 0 Å². The van der Waals surface area contributed by atoms with Gasteiger partial charge in [0.05, 0.1) is 6.10 Å². The van der Waals surface area contributed by atoms with Crippen LogP contribution in [0.15, 0.2) is 0 Å². The van der Waals surface area contributed by atoms with Crippen molar-refractivity contribution in [3.63, 3.8) is 0 Å². The van der Waals surface area contributed by atoms with Gasteiger partial charge in [0.15, 0.2) is 0 Å². The quantitative estimate of drug-likeness (QED) is 0.594. The molecule has 0 saturated carbocycles. The summed E-state index contributed by atoms with van der Waals surface area (Å²) >= 11 is 0. The van der Waals surface area contributed by atoms with Crippen LogP contribution >= 0.6 is 0 Å². The van der Waals surface area contributed by atoms with Crippen molar-refractivity contribution in [2.75, 3.05) is 27.2 Å². The van der Waals surface area contributed by atoms with Crippen molar-refractivity contribution in [3.8, 4) is 0 Å². The summed E-state index contributed by atoms with van der Waals surface area (Å²) in [6.45, 7) is 9.13. The van der Waals surface area contributed by atoms with Crippen LogP contribution in [0.4, 0.5) is 0 Å². The maximum atomic E-state index is 5.48. The Labute approximate surface area is 75.9 Å². The SMILES string of the molecule is CO[C@@H]1CN(C)CC1C(C)(C)C. The summed E-state index contributed by atoms with van der Waals surface area (Å²) in [6.07, 6.45) is 0.426. The lowest BCUT2D eigenvalue weighted by molar-refractivity contribution is 0.0385. The van der Waals surface area contributed by atoms with Crippen LogP contribution in [0.25, 0.3) is 0 Å². The lowest BCUT2D eigenvalue weighted by Crippen LogP contribution is -2.32. The van der Waals surface area contributed by atoms with Gasteiger partial charge in [-0.15, -0.1) is 0 Å². The van der Waals surface area contributed by atoms with Crippen LogP contribution in [0.5, 0.6) is 0 Å². The Morgan fingerprint density at radius 2 is 1.83 bits per heavy atom. The molecule has 2 nitrogen and oxygen atoms in total. The van der Waals surface area contributed by atoms with E-state index in [1.54, 1.807) is 0 Å². The fourth-order valence-electron chi connectivity index (χ4n) is 2.03. The third-order valence-electron chi connectivity index (χ3n) is 2.86. The van der Waals surface area contributed by atoms with Crippen molar-refractivity contribution < 1.29 is 4.74 Å².